The molecule has 2 atom stereocenters. The van der Waals surface area contributed by atoms with E-state index in [1.54, 1.807) is 0 Å². The number of anilines is 1. The number of carbonyl (C=O) groups is 3. The van der Waals surface area contributed by atoms with Gasteiger partial charge >= 0.3 is 6.18 Å². The maximum atomic E-state index is 14.1. The molecule has 11 heteroatoms. The van der Waals surface area contributed by atoms with Crippen LogP contribution in [0, 0.1) is 17.7 Å². The number of nitrogens with one attached hydrogen (secondary N) is 2. The summed E-state index contributed by atoms with van der Waals surface area (Å²) in [6.07, 6.45) is -3.14. The number of aromatic nitrogens is 1. The van der Waals surface area contributed by atoms with Crippen LogP contribution in [0.4, 0.5) is 23.2 Å². The molecule has 0 bridgehead atoms. The number of halogens is 4. The van der Waals surface area contributed by atoms with Crippen LogP contribution in [0.15, 0.2) is 36.7 Å². The molecule has 0 aliphatic carbocycles. The topological polar surface area (TPSA) is 91.4 Å². The van der Waals surface area contributed by atoms with E-state index in [0.717, 1.165) is 18.3 Å². The van der Waals surface area contributed by atoms with Crippen LogP contribution in [0.1, 0.15) is 26.3 Å². The van der Waals surface area contributed by atoms with Gasteiger partial charge in [-0.2, -0.15) is 13.2 Å². The van der Waals surface area contributed by atoms with Gasteiger partial charge in [-0.1, -0.05) is 0 Å². The molecule has 0 unspecified atom stereocenters. The lowest BCUT2D eigenvalue weighted by Gasteiger charge is -2.18. The Morgan fingerprint density at radius 1 is 1.10 bits per heavy atom. The third-order valence-electron chi connectivity index (χ3n) is 5.33. The van der Waals surface area contributed by atoms with E-state index in [0.29, 0.717) is 25.4 Å². The van der Waals surface area contributed by atoms with Gasteiger partial charge in [-0.15, -0.1) is 0 Å². The summed E-state index contributed by atoms with van der Waals surface area (Å²) < 4.78 is 52.6. The van der Waals surface area contributed by atoms with Gasteiger partial charge in [0.05, 0.1) is 17.0 Å². The van der Waals surface area contributed by atoms with Crippen molar-refractivity contribution in [2.75, 3.05) is 25.0 Å². The Morgan fingerprint density at radius 3 is 2.58 bits per heavy atom. The standard InChI is InChI=1S/C20H16F4N4O3/c21-14-2-10(19(31)28-8-12-6-26-18(30)16(12)9-28)3-15(4-14)27-17(29)11-1-13(7-25-5-11)20(22,23)24/h1-5,7,12,16H,6,8-9H2,(H,26,30)(H,27,29)/t12-,16+/m0/s1. The van der Waals surface area contributed by atoms with Gasteiger partial charge in [0.1, 0.15) is 5.82 Å². The van der Waals surface area contributed by atoms with Crippen molar-refractivity contribution >= 4 is 23.4 Å². The first-order chi connectivity index (χ1) is 14.6. The third kappa shape index (κ3) is 4.21. The minimum atomic E-state index is -4.67. The van der Waals surface area contributed by atoms with Crippen LogP contribution >= 0.6 is 0 Å². The summed E-state index contributed by atoms with van der Waals surface area (Å²) in [6, 6.07) is 3.81. The fourth-order valence-electron chi connectivity index (χ4n) is 3.79. The van der Waals surface area contributed by atoms with Crippen LogP contribution in [0.25, 0.3) is 0 Å². The fraction of sp³-hybridized carbons (Fsp3) is 0.300. The first kappa shape index (κ1) is 20.8. The number of hydrogen-bond donors (Lipinski definition) is 2. The minimum Gasteiger partial charge on any atom is -0.355 e. The van der Waals surface area contributed by atoms with Crippen LogP contribution in [0.5, 0.6) is 0 Å². The zero-order valence-electron chi connectivity index (χ0n) is 15.9. The number of pyridine rings is 1. The molecule has 3 heterocycles. The highest BCUT2D eigenvalue weighted by Crippen LogP contribution is 2.30. The quantitative estimate of drug-likeness (QED) is 0.723. The lowest BCUT2D eigenvalue weighted by atomic mass is 10.0. The highest BCUT2D eigenvalue weighted by molar-refractivity contribution is 6.05. The van der Waals surface area contributed by atoms with Gasteiger partial charge in [0.15, 0.2) is 0 Å². The lowest BCUT2D eigenvalue weighted by molar-refractivity contribution is -0.137. The molecule has 2 aliphatic rings. The van der Waals surface area contributed by atoms with E-state index in [1.807, 2.05) is 0 Å². The second-order valence-corrected chi connectivity index (χ2v) is 7.46. The molecule has 0 radical (unpaired) electrons. The van der Waals surface area contributed by atoms with Crippen LogP contribution in [-0.4, -0.2) is 47.2 Å². The molecule has 4 rings (SSSR count). The summed E-state index contributed by atoms with van der Waals surface area (Å²) in [4.78, 5) is 41.8. The van der Waals surface area contributed by atoms with Gasteiger partial charge in [-0.3, -0.25) is 19.4 Å². The van der Waals surface area contributed by atoms with Gasteiger partial charge in [0.2, 0.25) is 5.91 Å². The molecule has 31 heavy (non-hydrogen) atoms. The Hall–Kier alpha value is -3.50. The summed E-state index contributed by atoms with van der Waals surface area (Å²) in [5.41, 5.74) is -1.61. The predicted octanol–water partition coefficient (Wildman–Crippen LogP) is 2.31. The molecule has 7 nitrogen and oxygen atoms in total. The summed E-state index contributed by atoms with van der Waals surface area (Å²) in [7, 11) is 0. The van der Waals surface area contributed by atoms with E-state index in [4.69, 9.17) is 0 Å². The molecule has 162 valence electrons. The molecule has 1 aromatic carbocycles. The Labute approximate surface area is 173 Å². The van der Waals surface area contributed by atoms with Crippen LogP contribution in [-0.2, 0) is 11.0 Å². The first-order valence-electron chi connectivity index (χ1n) is 9.33. The number of fused-ring (bicyclic) bond motifs is 1. The van der Waals surface area contributed by atoms with E-state index in [-0.39, 0.29) is 41.1 Å². The van der Waals surface area contributed by atoms with Crippen molar-refractivity contribution in [1.29, 1.82) is 0 Å². The zero-order chi connectivity index (χ0) is 22.3. The molecule has 2 aromatic rings. The summed E-state index contributed by atoms with van der Waals surface area (Å²) in [6.45, 7) is 1.03. The molecule has 0 saturated carbocycles. The van der Waals surface area contributed by atoms with Crippen LogP contribution in [0.2, 0.25) is 0 Å². The van der Waals surface area contributed by atoms with Crippen molar-refractivity contribution in [1.82, 2.24) is 15.2 Å². The van der Waals surface area contributed by atoms with E-state index in [2.05, 4.69) is 15.6 Å². The predicted molar refractivity (Wildman–Crippen MR) is 99.5 cm³/mol. The Bertz CT molecular complexity index is 1070. The largest absolute Gasteiger partial charge is 0.417 e. The number of rotatable bonds is 3. The Balaban J connectivity index is 1.51. The van der Waals surface area contributed by atoms with Crippen molar-refractivity contribution in [3.05, 3.63) is 59.2 Å². The van der Waals surface area contributed by atoms with Crippen LogP contribution < -0.4 is 10.6 Å². The first-order valence-corrected chi connectivity index (χ1v) is 9.33. The van der Waals surface area contributed by atoms with Gasteiger partial charge in [0.25, 0.3) is 11.8 Å². The van der Waals surface area contributed by atoms with E-state index >= 15 is 0 Å². The molecular weight excluding hydrogens is 420 g/mol. The minimum absolute atomic E-state index is 0.00223. The molecule has 2 saturated heterocycles. The molecule has 2 aliphatic heterocycles. The number of likely N-dealkylation sites (tertiary alicyclic amines) is 1. The van der Waals surface area contributed by atoms with Gasteiger partial charge in [0, 0.05) is 49.2 Å². The molecule has 2 fully saturated rings. The SMILES string of the molecule is O=C(Nc1cc(F)cc(C(=O)N2C[C@@H]3CNC(=O)[C@@H]3C2)c1)c1cncc(C(F)(F)F)c1. The molecular formula is C20H16F4N4O3. The maximum absolute atomic E-state index is 14.1. The number of nitrogens with zero attached hydrogens (tertiary/aromatic N) is 2. The van der Waals surface area contributed by atoms with E-state index in [9.17, 15) is 31.9 Å². The van der Waals surface area contributed by atoms with Crippen molar-refractivity contribution in [2.24, 2.45) is 11.8 Å². The highest BCUT2D eigenvalue weighted by atomic mass is 19.4. The summed E-state index contributed by atoms with van der Waals surface area (Å²) in [5.74, 6) is -2.67. The monoisotopic (exact) mass is 436 g/mol. The lowest BCUT2D eigenvalue weighted by Crippen LogP contribution is -2.33. The summed E-state index contributed by atoms with van der Waals surface area (Å²) in [5, 5.41) is 5.02. The van der Waals surface area contributed by atoms with Gasteiger partial charge in [-0.05, 0) is 24.3 Å². The molecule has 0 spiro atoms. The average Bonchev–Trinajstić information content (AvgIpc) is 3.28. The molecule has 1 aromatic heterocycles. The van der Waals surface area contributed by atoms with E-state index in [1.165, 1.54) is 11.0 Å². The number of amides is 3. The zero-order valence-corrected chi connectivity index (χ0v) is 15.9. The van der Waals surface area contributed by atoms with Crippen molar-refractivity contribution in [2.45, 2.75) is 6.18 Å². The second-order valence-electron chi connectivity index (χ2n) is 7.46. The average molecular weight is 436 g/mol. The number of alkyl halides is 3. The van der Waals surface area contributed by atoms with E-state index < -0.39 is 29.4 Å². The smallest absolute Gasteiger partial charge is 0.355 e. The fourth-order valence-corrected chi connectivity index (χ4v) is 3.79. The Kier molecular flexibility index (Phi) is 5.11. The third-order valence-corrected chi connectivity index (χ3v) is 5.33. The van der Waals surface area contributed by atoms with Gasteiger partial charge < -0.3 is 15.5 Å². The number of hydrogen-bond acceptors (Lipinski definition) is 4. The Morgan fingerprint density at radius 2 is 1.87 bits per heavy atom. The number of benzene rings is 1. The van der Waals surface area contributed by atoms with Crippen molar-refractivity contribution in [3.63, 3.8) is 0 Å². The second kappa shape index (κ2) is 7.64. The summed E-state index contributed by atoms with van der Waals surface area (Å²) >= 11 is 0. The van der Waals surface area contributed by atoms with Gasteiger partial charge in [-0.25, -0.2) is 4.39 Å². The highest BCUT2D eigenvalue weighted by Gasteiger charge is 2.43. The molecule has 2 N–H and O–H groups in total. The number of carbonyl (C=O) groups excluding carboxylic acids is 3. The van der Waals surface area contributed by atoms with Crippen molar-refractivity contribution < 1.29 is 31.9 Å². The van der Waals surface area contributed by atoms with Crippen molar-refractivity contribution in [3.8, 4) is 0 Å². The molecule has 3 amide bonds. The van der Waals surface area contributed by atoms with Crippen LogP contribution in [0.3, 0.4) is 0 Å². The normalized spacial score (nSPS) is 20.4. The maximum Gasteiger partial charge on any atom is 0.417 e.